The summed E-state index contributed by atoms with van der Waals surface area (Å²) in [6, 6.07) is 16.0. The molecule has 218 valence electrons. The second-order valence-corrected chi connectivity index (χ2v) is 12.0. The number of piperidine rings is 1. The van der Waals surface area contributed by atoms with Gasteiger partial charge < -0.3 is 18.8 Å². The molecule has 0 bridgehead atoms. The van der Waals surface area contributed by atoms with Crippen LogP contribution in [0.15, 0.2) is 54.6 Å². The Morgan fingerprint density at radius 3 is 2.83 bits per heavy atom. The zero-order valence-electron chi connectivity index (χ0n) is 23.4. The van der Waals surface area contributed by atoms with Gasteiger partial charge in [0.1, 0.15) is 18.2 Å². The molecular formula is C32H32ClFN4O4. The fourth-order valence-electron chi connectivity index (χ4n) is 6.41. The van der Waals surface area contributed by atoms with Gasteiger partial charge in [0.2, 0.25) is 5.88 Å². The highest BCUT2D eigenvalue weighted by atomic mass is 35.5. The number of fused-ring (bicyclic) bond motifs is 2. The number of pyridine rings is 1. The van der Waals surface area contributed by atoms with Crippen molar-refractivity contribution in [3.05, 3.63) is 88.1 Å². The van der Waals surface area contributed by atoms with E-state index in [1.165, 1.54) is 13.2 Å². The number of hydrogen-bond acceptors (Lipinski definition) is 7. The first kappa shape index (κ1) is 27.3. The van der Waals surface area contributed by atoms with Crippen LogP contribution >= 0.6 is 11.6 Å². The largest absolute Gasteiger partial charge is 0.473 e. The molecule has 3 fully saturated rings. The summed E-state index contributed by atoms with van der Waals surface area (Å²) in [6.07, 6.45) is 3.27. The number of benzene rings is 2. The molecule has 1 aliphatic carbocycles. The van der Waals surface area contributed by atoms with Crippen LogP contribution in [-0.4, -0.2) is 58.3 Å². The maximum absolute atomic E-state index is 14.2. The van der Waals surface area contributed by atoms with Gasteiger partial charge in [-0.05, 0) is 68.1 Å². The lowest BCUT2D eigenvalue weighted by Crippen LogP contribution is -2.37. The number of halogens is 2. The first-order valence-electron chi connectivity index (χ1n) is 14.4. The van der Waals surface area contributed by atoms with E-state index in [-0.39, 0.29) is 29.9 Å². The summed E-state index contributed by atoms with van der Waals surface area (Å²) in [7, 11) is 1.40. The molecule has 2 aromatic carbocycles. The fourth-order valence-corrected chi connectivity index (χ4v) is 6.57. The molecule has 4 heterocycles. The highest BCUT2D eigenvalue weighted by molar-refractivity contribution is 6.30. The highest BCUT2D eigenvalue weighted by Crippen LogP contribution is 2.59. The number of carbonyl (C=O) groups excluding carboxylic acids is 1. The number of methoxy groups -OCH3 is 1. The predicted octanol–water partition coefficient (Wildman–Crippen LogP) is 5.54. The summed E-state index contributed by atoms with van der Waals surface area (Å²) < 4.78 is 33.0. The molecule has 4 aromatic rings. The Bertz CT molecular complexity index is 1660. The lowest BCUT2D eigenvalue weighted by molar-refractivity contribution is -0.0592. The molecule has 3 aliphatic rings. The smallest absolute Gasteiger partial charge is 0.337 e. The second-order valence-electron chi connectivity index (χ2n) is 11.5. The summed E-state index contributed by atoms with van der Waals surface area (Å²) >= 11 is 5.87. The molecule has 2 aromatic heterocycles. The van der Waals surface area contributed by atoms with Crippen molar-refractivity contribution >= 4 is 28.6 Å². The SMILES string of the molecule is COC(=O)c1ccc2nc(CN3CC[C@]4(c5cccc(OCc6ccc(Cl)cc6F)n5)C[C@@H]4C3)n(C[C@@H]3CCO3)c2c1. The highest BCUT2D eigenvalue weighted by Gasteiger charge is 2.58. The average Bonchev–Trinajstić information content (AvgIpc) is 3.62. The van der Waals surface area contributed by atoms with Gasteiger partial charge in [-0.3, -0.25) is 4.90 Å². The van der Waals surface area contributed by atoms with Crippen LogP contribution < -0.4 is 4.74 Å². The van der Waals surface area contributed by atoms with E-state index in [0.29, 0.717) is 34.5 Å². The molecule has 3 atom stereocenters. The van der Waals surface area contributed by atoms with Crippen LogP contribution in [0.5, 0.6) is 5.88 Å². The molecule has 2 saturated heterocycles. The van der Waals surface area contributed by atoms with Crippen molar-refractivity contribution in [3.8, 4) is 5.88 Å². The molecule has 7 rings (SSSR count). The van der Waals surface area contributed by atoms with E-state index < -0.39 is 0 Å². The van der Waals surface area contributed by atoms with Gasteiger partial charge in [0.25, 0.3) is 0 Å². The third kappa shape index (κ3) is 5.14. The van der Waals surface area contributed by atoms with Crippen LogP contribution in [-0.2, 0) is 34.6 Å². The standard InChI is InChI=1S/C32H32ClFN4O4/c1-40-31(39)20-6-8-26-27(13-20)38(17-24-9-12-41-24)29(35-26)18-37-11-10-32(15-22(32)16-37)28-3-2-4-30(36-28)42-19-21-5-7-23(33)14-25(21)34/h2-8,13-14,22,24H,9-12,15-19H2,1H3/t22-,24+,32+/m1/s1. The summed E-state index contributed by atoms with van der Waals surface area (Å²) in [6.45, 7) is 4.21. The Morgan fingerprint density at radius 2 is 2.07 bits per heavy atom. The molecule has 42 heavy (non-hydrogen) atoms. The fraction of sp³-hybridized carbons (Fsp3) is 0.406. The van der Waals surface area contributed by atoms with Gasteiger partial charge >= 0.3 is 5.97 Å². The normalized spacial score (nSPS) is 23.3. The van der Waals surface area contributed by atoms with Crippen LogP contribution in [0.4, 0.5) is 4.39 Å². The molecule has 0 radical (unpaired) electrons. The van der Waals surface area contributed by atoms with Gasteiger partial charge in [-0.15, -0.1) is 0 Å². The first-order chi connectivity index (χ1) is 20.4. The second kappa shape index (κ2) is 10.9. The molecule has 0 N–H and O–H groups in total. The summed E-state index contributed by atoms with van der Waals surface area (Å²) in [5.74, 6) is 1.25. The molecular weight excluding hydrogens is 559 g/mol. The zero-order valence-corrected chi connectivity index (χ0v) is 24.1. The van der Waals surface area contributed by atoms with Gasteiger partial charge in [0.15, 0.2) is 0 Å². The summed E-state index contributed by atoms with van der Waals surface area (Å²) in [5.41, 5.74) is 3.86. The summed E-state index contributed by atoms with van der Waals surface area (Å²) in [4.78, 5) is 24.5. The number of nitrogens with zero attached hydrogens (tertiary/aromatic N) is 4. The Morgan fingerprint density at radius 1 is 1.19 bits per heavy atom. The van der Waals surface area contributed by atoms with Crippen molar-refractivity contribution in [1.82, 2.24) is 19.4 Å². The molecule has 2 aliphatic heterocycles. The van der Waals surface area contributed by atoms with Crippen molar-refractivity contribution in [2.75, 3.05) is 26.8 Å². The van der Waals surface area contributed by atoms with Gasteiger partial charge in [0.05, 0.1) is 48.6 Å². The van der Waals surface area contributed by atoms with Crippen molar-refractivity contribution in [2.24, 2.45) is 5.92 Å². The van der Waals surface area contributed by atoms with Gasteiger partial charge in [-0.2, -0.15) is 0 Å². The van der Waals surface area contributed by atoms with Gasteiger partial charge in [-0.1, -0.05) is 23.7 Å². The van der Waals surface area contributed by atoms with Crippen LogP contribution in [0.25, 0.3) is 11.0 Å². The van der Waals surface area contributed by atoms with Gasteiger partial charge in [0, 0.05) is 35.2 Å². The van der Waals surface area contributed by atoms with Crippen LogP contribution in [0.2, 0.25) is 5.02 Å². The number of imidazole rings is 1. The molecule has 10 heteroatoms. The Hall–Kier alpha value is -3.53. The minimum Gasteiger partial charge on any atom is -0.473 e. The molecule has 0 amide bonds. The number of hydrogen-bond donors (Lipinski definition) is 0. The maximum Gasteiger partial charge on any atom is 0.337 e. The molecule has 0 spiro atoms. The minimum atomic E-state index is -0.385. The quantitative estimate of drug-likeness (QED) is 0.237. The Kier molecular flexibility index (Phi) is 7.12. The first-order valence-corrected chi connectivity index (χ1v) is 14.8. The number of ether oxygens (including phenoxy) is 3. The maximum atomic E-state index is 14.2. The Balaban J connectivity index is 1.05. The average molecular weight is 591 g/mol. The number of esters is 1. The molecule has 1 saturated carbocycles. The van der Waals surface area contributed by atoms with E-state index in [1.807, 2.05) is 24.3 Å². The zero-order chi connectivity index (χ0) is 28.8. The number of likely N-dealkylation sites (tertiary alicyclic amines) is 1. The van der Waals surface area contributed by atoms with Crippen LogP contribution in [0.3, 0.4) is 0 Å². The minimum absolute atomic E-state index is 0.0523. The van der Waals surface area contributed by atoms with Crippen molar-refractivity contribution in [1.29, 1.82) is 0 Å². The van der Waals surface area contributed by atoms with E-state index in [1.54, 1.807) is 18.2 Å². The number of rotatable bonds is 9. The summed E-state index contributed by atoms with van der Waals surface area (Å²) in [5, 5.41) is 0.360. The van der Waals surface area contributed by atoms with Crippen molar-refractivity contribution < 1.29 is 23.4 Å². The third-order valence-corrected chi connectivity index (χ3v) is 9.24. The van der Waals surface area contributed by atoms with E-state index in [4.69, 9.17) is 35.8 Å². The third-order valence-electron chi connectivity index (χ3n) is 9.00. The number of aromatic nitrogens is 3. The lowest BCUT2D eigenvalue weighted by Gasteiger charge is -2.32. The monoisotopic (exact) mass is 590 g/mol. The predicted molar refractivity (Wildman–Crippen MR) is 155 cm³/mol. The number of carbonyl (C=O) groups is 1. The van der Waals surface area contributed by atoms with Crippen molar-refractivity contribution in [2.45, 2.75) is 50.5 Å². The van der Waals surface area contributed by atoms with Crippen LogP contribution in [0.1, 0.15) is 46.7 Å². The van der Waals surface area contributed by atoms with E-state index in [9.17, 15) is 9.18 Å². The van der Waals surface area contributed by atoms with Crippen LogP contribution in [0, 0.1) is 11.7 Å². The Labute approximate surface area is 248 Å². The van der Waals surface area contributed by atoms with E-state index in [0.717, 1.165) is 68.1 Å². The van der Waals surface area contributed by atoms with E-state index >= 15 is 0 Å². The van der Waals surface area contributed by atoms with Gasteiger partial charge in [-0.25, -0.2) is 19.2 Å². The topological polar surface area (TPSA) is 78.7 Å². The van der Waals surface area contributed by atoms with Crippen molar-refractivity contribution in [3.63, 3.8) is 0 Å². The molecule has 0 unspecified atom stereocenters. The van der Waals surface area contributed by atoms with E-state index in [2.05, 4.69) is 15.5 Å². The molecule has 8 nitrogen and oxygen atoms in total. The lowest BCUT2D eigenvalue weighted by atomic mass is 9.91.